The largest absolute Gasteiger partial charge is 0.215 e. The van der Waals surface area contributed by atoms with Crippen LogP contribution in [0.3, 0.4) is 0 Å². The highest BCUT2D eigenvalue weighted by atomic mass is 35.5. The first-order chi connectivity index (χ1) is 5.58. The lowest BCUT2D eigenvalue weighted by Gasteiger charge is -2.33. The van der Waals surface area contributed by atoms with Gasteiger partial charge in [0.25, 0.3) is 0 Å². The molecular weight excluding hydrogens is 198 g/mol. The molecule has 1 saturated carbocycles. The maximum Gasteiger partial charge on any atom is 0.215 e. The van der Waals surface area contributed by atoms with Crippen molar-refractivity contribution < 1.29 is 8.42 Å². The van der Waals surface area contributed by atoms with E-state index >= 15 is 0 Å². The second-order valence-electron chi connectivity index (χ2n) is 3.11. The van der Waals surface area contributed by atoms with Gasteiger partial charge in [-0.25, -0.2) is 12.7 Å². The van der Waals surface area contributed by atoms with E-state index < -0.39 is 10.0 Å². The van der Waals surface area contributed by atoms with Crippen LogP contribution in [0.2, 0.25) is 0 Å². The van der Waals surface area contributed by atoms with E-state index in [0.717, 1.165) is 19.3 Å². The number of alkyl halides is 1. The summed E-state index contributed by atoms with van der Waals surface area (Å²) in [6.45, 7) is 0. The van der Waals surface area contributed by atoms with Crippen LogP contribution in [0.5, 0.6) is 0 Å². The van der Waals surface area contributed by atoms with Crippen molar-refractivity contribution in [3.63, 3.8) is 0 Å². The number of nitrogens with zero attached hydrogens (tertiary/aromatic N) is 1. The lowest BCUT2D eigenvalue weighted by molar-refractivity contribution is 0.250. The van der Waals surface area contributed by atoms with Gasteiger partial charge in [0.05, 0.1) is 5.75 Å². The molecule has 72 valence electrons. The Balaban J connectivity index is 2.54. The summed E-state index contributed by atoms with van der Waals surface area (Å²) in [7, 11) is -1.42. The van der Waals surface area contributed by atoms with Gasteiger partial charge in [-0.15, -0.1) is 11.6 Å². The van der Waals surface area contributed by atoms with Gasteiger partial charge in [0, 0.05) is 19.0 Å². The van der Waals surface area contributed by atoms with Gasteiger partial charge in [-0.05, 0) is 12.8 Å². The topological polar surface area (TPSA) is 37.4 Å². The Labute approximate surface area is 78.7 Å². The minimum Gasteiger partial charge on any atom is -0.212 e. The fraction of sp³-hybridized carbons (Fsp3) is 1.00. The maximum atomic E-state index is 11.4. The van der Waals surface area contributed by atoms with Crippen molar-refractivity contribution in [2.45, 2.75) is 25.3 Å². The molecule has 0 aromatic heterocycles. The quantitative estimate of drug-likeness (QED) is 0.652. The first kappa shape index (κ1) is 10.3. The molecule has 1 fully saturated rings. The molecule has 1 aliphatic carbocycles. The van der Waals surface area contributed by atoms with Crippen molar-refractivity contribution in [3.05, 3.63) is 0 Å². The summed E-state index contributed by atoms with van der Waals surface area (Å²) < 4.78 is 24.3. The monoisotopic (exact) mass is 211 g/mol. The summed E-state index contributed by atoms with van der Waals surface area (Å²) in [6.07, 6.45) is 3.14. The van der Waals surface area contributed by atoms with Crippen molar-refractivity contribution in [2.24, 2.45) is 0 Å². The van der Waals surface area contributed by atoms with E-state index in [1.54, 1.807) is 7.05 Å². The lowest BCUT2D eigenvalue weighted by atomic mass is 9.94. The summed E-state index contributed by atoms with van der Waals surface area (Å²) in [4.78, 5) is 0. The molecular formula is C7H14ClNO2S. The molecule has 0 unspecified atom stereocenters. The Morgan fingerprint density at radius 3 is 2.42 bits per heavy atom. The van der Waals surface area contributed by atoms with Crippen molar-refractivity contribution in [1.29, 1.82) is 0 Å². The SMILES string of the molecule is CN(C1CCC1)S(=O)(=O)CCCl. The van der Waals surface area contributed by atoms with Gasteiger partial charge in [-0.2, -0.15) is 0 Å². The number of rotatable bonds is 4. The lowest BCUT2D eigenvalue weighted by Crippen LogP contribution is -2.42. The summed E-state index contributed by atoms with van der Waals surface area (Å²) >= 11 is 5.39. The second kappa shape index (κ2) is 3.94. The third-order valence-corrected chi connectivity index (χ3v) is 4.67. The fourth-order valence-corrected chi connectivity index (χ4v) is 2.95. The zero-order valence-corrected chi connectivity index (χ0v) is 8.74. The molecule has 12 heavy (non-hydrogen) atoms. The average molecular weight is 212 g/mol. The third-order valence-electron chi connectivity index (χ3n) is 2.36. The molecule has 0 aromatic carbocycles. The van der Waals surface area contributed by atoms with Crippen LogP contribution in [0.4, 0.5) is 0 Å². The van der Waals surface area contributed by atoms with Crippen LogP contribution in [0.15, 0.2) is 0 Å². The number of halogens is 1. The van der Waals surface area contributed by atoms with Gasteiger partial charge in [-0.1, -0.05) is 6.42 Å². The highest BCUT2D eigenvalue weighted by molar-refractivity contribution is 7.89. The Hall–Kier alpha value is 0.200. The Morgan fingerprint density at radius 1 is 1.50 bits per heavy atom. The Bertz CT molecular complexity index is 236. The van der Waals surface area contributed by atoms with E-state index in [4.69, 9.17) is 11.6 Å². The zero-order chi connectivity index (χ0) is 9.19. The predicted octanol–water partition coefficient (Wildman–Crippen LogP) is 1.04. The molecule has 0 atom stereocenters. The smallest absolute Gasteiger partial charge is 0.212 e. The van der Waals surface area contributed by atoms with Gasteiger partial charge in [0.2, 0.25) is 10.0 Å². The third kappa shape index (κ3) is 2.12. The van der Waals surface area contributed by atoms with Crippen LogP contribution >= 0.6 is 11.6 Å². The highest BCUT2D eigenvalue weighted by Crippen LogP contribution is 2.25. The number of hydrogen-bond acceptors (Lipinski definition) is 2. The molecule has 0 amide bonds. The molecule has 0 N–H and O–H groups in total. The van der Waals surface area contributed by atoms with Crippen molar-refractivity contribution in [2.75, 3.05) is 18.7 Å². The van der Waals surface area contributed by atoms with Crippen molar-refractivity contribution >= 4 is 21.6 Å². The molecule has 0 aromatic rings. The van der Waals surface area contributed by atoms with E-state index in [9.17, 15) is 8.42 Å². The van der Waals surface area contributed by atoms with E-state index in [0.29, 0.717) is 0 Å². The van der Waals surface area contributed by atoms with Crippen molar-refractivity contribution in [1.82, 2.24) is 4.31 Å². The van der Waals surface area contributed by atoms with Gasteiger partial charge in [0.1, 0.15) is 0 Å². The molecule has 1 rings (SSSR count). The minimum absolute atomic E-state index is 0.0571. The first-order valence-electron chi connectivity index (χ1n) is 4.09. The average Bonchev–Trinajstić information content (AvgIpc) is 1.83. The minimum atomic E-state index is -3.07. The molecule has 0 spiro atoms. The van der Waals surface area contributed by atoms with Crippen LogP contribution in [0, 0.1) is 0 Å². The molecule has 0 aliphatic heterocycles. The molecule has 0 bridgehead atoms. The molecule has 5 heteroatoms. The molecule has 3 nitrogen and oxygen atoms in total. The van der Waals surface area contributed by atoms with E-state index in [2.05, 4.69) is 0 Å². The van der Waals surface area contributed by atoms with Crippen LogP contribution in [-0.2, 0) is 10.0 Å². The second-order valence-corrected chi connectivity index (χ2v) is 5.63. The number of sulfonamides is 1. The van der Waals surface area contributed by atoms with Crippen LogP contribution in [-0.4, -0.2) is 37.4 Å². The van der Waals surface area contributed by atoms with Crippen LogP contribution < -0.4 is 0 Å². The standard InChI is InChI=1S/C7H14ClNO2S/c1-9(7-3-2-4-7)12(10,11)6-5-8/h7H,2-6H2,1H3. The summed E-state index contributed by atoms with van der Waals surface area (Å²) in [5, 5.41) is 0. The van der Waals surface area contributed by atoms with E-state index in [1.807, 2.05) is 0 Å². The van der Waals surface area contributed by atoms with Gasteiger partial charge < -0.3 is 0 Å². The number of hydrogen-bond donors (Lipinski definition) is 0. The summed E-state index contributed by atoms with van der Waals surface area (Å²) in [5.74, 6) is 0.237. The fourth-order valence-electron chi connectivity index (χ4n) is 1.22. The van der Waals surface area contributed by atoms with Crippen LogP contribution in [0.1, 0.15) is 19.3 Å². The zero-order valence-electron chi connectivity index (χ0n) is 7.16. The Kier molecular flexibility index (Phi) is 3.37. The van der Waals surface area contributed by atoms with Gasteiger partial charge in [0.15, 0.2) is 0 Å². The van der Waals surface area contributed by atoms with E-state index in [-0.39, 0.29) is 17.7 Å². The maximum absolute atomic E-state index is 11.4. The highest BCUT2D eigenvalue weighted by Gasteiger charge is 2.29. The molecule has 0 radical (unpaired) electrons. The molecule has 0 saturated heterocycles. The summed E-state index contributed by atoms with van der Waals surface area (Å²) in [5.41, 5.74) is 0. The summed E-state index contributed by atoms with van der Waals surface area (Å²) in [6, 6.07) is 0.234. The normalized spacial score (nSPS) is 19.6. The van der Waals surface area contributed by atoms with Crippen LogP contribution in [0.25, 0.3) is 0 Å². The van der Waals surface area contributed by atoms with Gasteiger partial charge in [-0.3, -0.25) is 0 Å². The van der Waals surface area contributed by atoms with Crippen molar-refractivity contribution in [3.8, 4) is 0 Å². The predicted molar refractivity (Wildman–Crippen MR) is 49.9 cm³/mol. The van der Waals surface area contributed by atoms with E-state index in [1.165, 1.54) is 4.31 Å². The molecule has 1 aliphatic rings. The van der Waals surface area contributed by atoms with Gasteiger partial charge >= 0.3 is 0 Å². The first-order valence-corrected chi connectivity index (χ1v) is 6.24. The Morgan fingerprint density at radius 2 is 2.08 bits per heavy atom. The molecule has 0 heterocycles.